The fourth-order valence-corrected chi connectivity index (χ4v) is 3.34. The Hall–Kier alpha value is -1.99. The number of carbonyl (C=O) groups excluding carboxylic acids is 1. The van der Waals surface area contributed by atoms with Crippen molar-refractivity contribution in [2.24, 2.45) is 5.92 Å². The number of benzene rings is 1. The summed E-state index contributed by atoms with van der Waals surface area (Å²) in [6, 6.07) is 5.44. The van der Waals surface area contributed by atoms with Crippen LogP contribution in [-0.2, 0) is 9.53 Å². The lowest BCUT2D eigenvalue weighted by Gasteiger charge is -2.29. The van der Waals surface area contributed by atoms with Gasteiger partial charge in [0.25, 0.3) is 0 Å². The number of carbonyl (C=O) groups is 2. The lowest BCUT2D eigenvalue weighted by atomic mass is 10.1. The predicted octanol–water partition coefficient (Wildman–Crippen LogP) is 2.12. The zero-order chi connectivity index (χ0) is 17.1. The van der Waals surface area contributed by atoms with Gasteiger partial charge < -0.3 is 25.0 Å². The molecule has 2 saturated heterocycles. The molecule has 0 bridgehead atoms. The van der Waals surface area contributed by atoms with E-state index in [-0.39, 0.29) is 18.4 Å². The van der Waals surface area contributed by atoms with Crippen molar-refractivity contribution in [1.29, 1.82) is 0 Å². The lowest BCUT2D eigenvalue weighted by molar-refractivity contribution is -0.119. The average Bonchev–Trinajstić information content (AvgIpc) is 3.06. The first-order chi connectivity index (χ1) is 11.5. The number of hydrogen-bond donors (Lipinski definition) is 2. The zero-order valence-corrected chi connectivity index (χ0v) is 14.0. The molecule has 2 amide bonds. The molecule has 0 radical (unpaired) electrons. The van der Waals surface area contributed by atoms with Gasteiger partial charge in [0, 0.05) is 31.9 Å². The SMILES string of the molecule is O=C(Nc1ccc(N2CCOCC2)c(Cl)c1)[C@@H]1CCN(C(=O)O)C1. The molecule has 8 heteroatoms. The molecule has 130 valence electrons. The van der Waals surface area contributed by atoms with E-state index in [1.54, 1.807) is 6.07 Å². The Morgan fingerprint density at radius 2 is 2.00 bits per heavy atom. The van der Waals surface area contributed by atoms with E-state index >= 15 is 0 Å². The van der Waals surface area contributed by atoms with E-state index in [0.717, 1.165) is 18.8 Å². The summed E-state index contributed by atoms with van der Waals surface area (Å²) < 4.78 is 5.33. The predicted molar refractivity (Wildman–Crippen MR) is 90.8 cm³/mol. The van der Waals surface area contributed by atoms with Gasteiger partial charge in [0.2, 0.25) is 5.91 Å². The van der Waals surface area contributed by atoms with Gasteiger partial charge in [-0.3, -0.25) is 4.79 Å². The molecular weight excluding hydrogens is 334 g/mol. The molecule has 2 fully saturated rings. The number of ether oxygens (including phenoxy) is 1. The Labute approximate surface area is 145 Å². The van der Waals surface area contributed by atoms with Crippen LogP contribution in [0, 0.1) is 5.92 Å². The molecule has 3 rings (SSSR count). The number of anilines is 2. The van der Waals surface area contributed by atoms with Crippen LogP contribution in [0.1, 0.15) is 6.42 Å². The Balaban J connectivity index is 1.62. The third-order valence-corrected chi connectivity index (χ3v) is 4.70. The third kappa shape index (κ3) is 3.73. The molecule has 0 aliphatic carbocycles. The van der Waals surface area contributed by atoms with E-state index in [2.05, 4.69) is 10.2 Å². The second-order valence-electron chi connectivity index (χ2n) is 5.97. The van der Waals surface area contributed by atoms with Crippen LogP contribution >= 0.6 is 11.6 Å². The number of nitrogens with one attached hydrogen (secondary N) is 1. The van der Waals surface area contributed by atoms with E-state index in [1.807, 2.05) is 12.1 Å². The Kier molecular flexibility index (Phi) is 5.11. The number of hydrogen-bond acceptors (Lipinski definition) is 4. The maximum absolute atomic E-state index is 12.3. The number of halogens is 1. The summed E-state index contributed by atoms with van der Waals surface area (Å²) in [5, 5.41) is 12.4. The van der Waals surface area contributed by atoms with Crippen LogP contribution in [0.15, 0.2) is 18.2 Å². The fraction of sp³-hybridized carbons (Fsp3) is 0.500. The minimum absolute atomic E-state index is 0.172. The molecule has 0 unspecified atom stereocenters. The van der Waals surface area contributed by atoms with Gasteiger partial charge in [-0.05, 0) is 24.6 Å². The van der Waals surface area contributed by atoms with Crippen molar-refractivity contribution in [3.63, 3.8) is 0 Å². The zero-order valence-electron chi connectivity index (χ0n) is 13.2. The summed E-state index contributed by atoms with van der Waals surface area (Å²) in [4.78, 5) is 26.6. The van der Waals surface area contributed by atoms with E-state index in [0.29, 0.717) is 36.9 Å². The molecule has 7 nitrogen and oxygen atoms in total. The van der Waals surface area contributed by atoms with Gasteiger partial charge in [0.15, 0.2) is 0 Å². The summed E-state index contributed by atoms with van der Waals surface area (Å²) in [6.07, 6.45) is -0.444. The van der Waals surface area contributed by atoms with E-state index in [1.165, 1.54) is 4.90 Å². The monoisotopic (exact) mass is 353 g/mol. The molecule has 2 N–H and O–H groups in total. The summed E-state index contributed by atoms with van der Waals surface area (Å²) in [5.74, 6) is -0.493. The standard InChI is InChI=1S/C16H20ClN3O4/c17-13-9-12(1-2-14(13)19-5-7-24-8-6-19)18-15(21)11-3-4-20(10-11)16(22)23/h1-2,9,11H,3-8,10H2,(H,18,21)(H,22,23)/t11-/m1/s1. The molecular formula is C16H20ClN3O4. The van der Waals surface area contributed by atoms with Crippen LogP contribution < -0.4 is 10.2 Å². The minimum atomic E-state index is -0.983. The van der Waals surface area contributed by atoms with E-state index < -0.39 is 6.09 Å². The van der Waals surface area contributed by atoms with Crippen LogP contribution in [0.25, 0.3) is 0 Å². The summed E-state index contributed by atoms with van der Waals surface area (Å²) in [7, 11) is 0. The summed E-state index contributed by atoms with van der Waals surface area (Å²) in [6.45, 7) is 3.56. The first-order valence-corrected chi connectivity index (χ1v) is 8.33. The minimum Gasteiger partial charge on any atom is -0.465 e. The van der Waals surface area contributed by atoms with Crippen molar-refractivity contribution < 1.29 is 19.4 Å². The highest BCUT2D eigenvalue weighted by atomic mass is 35.5. The molecule has 1 aromatic rings. The third-order valence-electron chi connectivity index (χ3n) is 4.40. The molecule has 0 saturated carbocycles. The molecule has 24 heavy (non-hydrogen) atoms. The molecule has 0 spiro atoms. The smallest absolute Gasteiger partial charge is 0.407 e. The van der Waals surface area contributed by atoms with Crippen molar-refractivity contribution in [3.8, 4) is 0 Å². The molecule has 2 aliphatic heterocycles. The van der Waals surface area contributed by atoms with Crippen LogP contribution in [-0.4, -0.2) is 61.4 Å². The number of rotatable bonds is 3. The van der Waals surface area contributed by atoms with Gasteiger partial charge >= 0.3 is 6.09 Å². The van der Waals surface area contributed by atoms with Crippen LogP contribution in [0.3, 0.4) is 0 Å². The summed E-state index contributed by atoms with van der Waals surface area (Å²) >= 11 is 6.35. The van der Waals surface area contributed by atoms with Gasteiger partial charge in [-0.1, -0.05) is 11.6 Å². The van der Waals surface area contributed by atoms with Gasteiger partial charge in [0.05, 0.1) is 29.8 Å². The molecule has 1 aromatic carbocycles. The largest absolute Gasteiger partial charge is 0.465 e. The number of nitrogens with zero attached hydrogens (tertiary/aromatic N) is 2. The highest BCUT2D eigenvalue weighted by Gasteiger charge is 2.31. The molecule has 0 aromatic heterocycles. The highest BCUT2D eigenvalue weighted by molar-refractivity contribution is 6.33. The maximum atomic E-state index is 12.3. The Morgan fingerprint density at radius 1 is 1.25 bits per heavy atom. The van der Waals surface area contributed by atoms with Crippen LogP contribution in [0.2, 0.25) is 5.02 Å². The van der Waals surface area contributed by atoms with Gasteiger partial charge in [-0.25, -0.2) is 4.79 Å². The van der Waals surface area contributed by atoms with Crippen molar-refractivity contribution in [1.82, 2.24) is 4.90 Å². The summed E-state index contributed by atoms with van der Waals surface area (Å²) in [5.41, 5.74) is 1.55. The van der Waals surface area contributed by atoms with E-state index in [4.69, 9.17) is 21.4 Å². The number of amides is 2. The highest BCUT2D eigenvalue weighted by Crippen LogP contribution is 2.30. The van der Waals surface area contributed by atoms with Crippen molar-refractivity contribution in [3.05, 3.63) is 23.2 Å². The van der Waals surface area contributed by atoms with Gasteiger partial charge in [-0.2, -0.15) is 0 Å². The molecule has 1 atom stereocenters. The first-order valence-electron chi connectivity index (χ1n) is 7.95. The van der Waals surface area contributed by atoms with Gasteiger partial charge in [-0.15, -0.1) is 0 Å². The fourth-order valence-electron chi connectivity index (χ4n) is 3.04. The van der Waals surface area contributed by atoms with Crippen LogP contribution in [0.5, 0.6) is 0 Å². The lowest BCUT2D eigenvalue weighted by Crippen LogP contribution is -2.36. The van der Waals surface area contributed by atoms with E-state index in [9.17, 15) is 9.59 Å². The van der Waals surface area contributed by atoms with Crippen LogP contribution in [0.4, 0.5) is 16.2 Å². The topological polar surface area (TPSA) is 82.1 Å². The second kappa shape index (κ2) is 7.27. The second-order valence-corrected chi connectivity index (χ2v) is 6.38. The van der Waals surface area contributed by atoms with Crippen molar-refractivity contribution in [2.45, 2.75) is 6.42 Å². The maximum Gasteiger partial charge on any atom is 0.407 e. The van der Waals surface area contributed by atoms with Crippen molar-refractivity contribution >= 4 is 35.0 Å². The number of morpholine rings is 1. The van der Waals surface area contributed by atoms with Gasteiger partial charge in [0.1, 0.15) is 0 Å². The van der Waals surface area contributed by atoms with Crippen molar-refractivity contribution in [2.75, 3.05) is 49.6 Å². The quantitative estimate of drug-likeness (QED) is 0.869. The Bertz CT molecular complexity index is 634. The molecule has 2 aliphatic rings. The normalized spacial score (nSPS) is 21.0. The Morgan fingerprint density at radius 3 is 2.62 bits per heavy atom. The first kappa shape index (κ1) is 16.9. The number of likely N-dealkylation sites (tertiary alicyclic amines) is 1. The molecule has 2 heterocycles. The number of carboxylic acid groups (broad SMARTS) is 1. The average molecular weight is 354 g/mol.